The minimum absolute atomic E-state index is 0.186. The zero-order valence-corrected chi connectivity index (χ0v) is 24.5. The Morgan fingerprint density at radius 3 is 2.74 bits per heavy atom. The van der Waals surface area contributed by atoms with Gasteiger partial charge in [-0.15, -0.1) is 0 Å². The number of nitriles is 1. The zero-order valence-electron chi connectivity index (χ0n) is 23.8. The van der Waals surface area contributed by atoms with E-state index in [1.807, 2.05) is 24.3 Å². The van der Waals surface area contributed by atoms with Crippen LogP contribution in [0.4, 0.5) is 11.6 Å². The standard InChI is InChI=1S/C29H38ClN9O3/c1-19(15-42-16-27-37-28(40)39-38-27)34-20-5-7-21(8-6-20)35-26-13-22(23(30)14-32-26)24-3-2-4-25(36-24)33-18-29(17-31)9-11-41-12-10-29/h2-4,13-14,19-21,34H,5-12,15-16,18H2,1H3,(H,32,35)(H,33,36)(H2,37,38,39,40)/t19-,20-,21-/m0/s1. The van der Waals surface area contributed by atoms with Gasteiger partial charge in [-0.05, 0) is 63.6 Å². The molecule has 12 nitrogen and oxygen atoms in total. The summed E-state index contributed by atoms with van der Waals surface area (Å²) in [6.07, 6.45) is 7.21. The van der Waals surface area contributed by atoms with Gasteiger partial charge in [-0.3, -0.25) is 4.98 Å². The molecule has 5 N–H and O–H groups in total. The van der Waals surface area contributed by atoms with E-state index >= 15 is 0 Å². The van der Waals surface area contributed by atoms with Gasteiger partial charge in [0.2, 0.25) is 0 Å². The Balaban J connectivity index is 1.11. The van der Waals surface area contributed by atoms with E-state index in [-0.39, 0.29) is 18.3 Å². The Morgan fingerprint density at radius 1 is 1.21 bits per heavy atom. The summed E-state index contributed by atoms with van der Waals surface area (Å²) < 4.78 is 11.1. The van der Waals surface area contributed by atoms with E-state index in [0.29, 0.717) is 68.0 Å². The van der Waals surface area contributed by atoms with Crippen LogP contribution in [-0.2, 0) is 16.1 Å². The van der Waals surface area contributed by atoms with E-state index in [1.54, 1.807) is 6.20 Å². The molecule has 0 radical (unpaired) electrons. The maximum atomic E-state index is 11.1. The van der Waals surface area contributed by atoms with Crippen molar-refractivity contribution in [2.24, 2.45) is 5.41 Å². The number of anilines is 2. The number of hydrogen-bond acceptors (Lipinski definition) is 10. The highest BCUT2D eigenvalue weighted by Gasteiger charge is 2.32. The minimum atomic E-state index is -0.440. The van der Waals surface area contributed by atoms with E-state index < -0.39 is 5.41 Å². The third kappa shape index (κ3) is 8.07. The van der Waals surface area contributed by atoms with E-state index in [4.69, 9.17) is 26.1 Å². The van der Waals surface area contributed by atoms with E-state index in [9.17, 15) is 10.1 Å². The third-order valence-electron chi connectivity index (χ3n) is 7.93. The largest absolute Gasteiger partial charge is 0.381 e. The van der Waals surface area contributed by atoms with Crippen molar-refractivity contribution in [2.75, 3.05) is 37.0 Å². The van der Waals surface area contributed by atoms with Crippen LogP contribution < -0.4 is 21.6 Å². The fraction of sp³-hybridized carbons (Fsp3) is 0.552. The van der Waals surface area contributed by atoms with Gasteiger partial charge < -0.3 is 25.4 Å². The SMILES string of the molecule is C[C@@H](COCc1n[nH]c(=O)[nH]1)N[C@H]1CC[C@H](Nc2cc(-c3cccc(NCC4(C#N)CCOCC4)n3)c(Cl)cn2)CC1. The average Bonchev–Trinajstić information content (AvgIpc) is 3.43. The molecule has 0 unspecified atom stereocenters. The summed E-state index contributed by atoms with van der Waals surface area (Å²) in [5.74, 6) is 1.98. The average molecular weight is 596 g/mol. The van der Waals surface area contributed by atoms with Gasteiger partial charge in [0.1, 0.15) is 18.2 Å². The smallest absolute Gasteiger partial charge is 0.340 e. The van der Waals surface area contributed by atoms with Crippen LogP contribution in [0.1, 0.15) is 51.3 Å². The van der Waals surface area contributed by atoms with E-state index in [2.05, 4.69) is 49.1 Å². The molecule has 1 aliphatic heterocycles. The van der Waals surface area contributed by atoms with Crippen LogP contribution in [0.15, 0.2) is 35.3 Å². The molecule has 3 aromatic heterocycles. The lowest BCUT2D eigenvalue weighted by Gasteiger charge is -2.32. The second kappa shape index (κ2) is 14.1. The summed E-state index contributed by atoms with van der Waals surface area (Å²) >= 11 is 6.56. The number of pyridine rings is 2. The molecule has 1 aliphatic carbocycles. The number of hydrogen-bond donors (Lipinski definition) is 5. The second-order valence-corrected chi connectivity index (χ2v) is 11.6. The van der Waals surface area contributed by atoms with Crippen molar-refractivity contribution in [3.8, 4) is 17.3 Å². The molecule has 13 heteroatoms. The molecule has 2 aliphatic rings. The normalized spacial score (nSPS) is 20.9. The maximum Gasteiger partial charge on any atom is 0.340 e. The molecular formula is C29H38ClN9O3. The molecule has 1 atom stereocenters. The zero-order chi connectivity index (χ0) is 29.4. The monoisotopic (exact) mass is 595 g/mol. The first-order valence-corrected chi connectivity index (χ1v) is 14.9. The predicted molar refractivity (Wildman–Crippen MR) is 160 cm³/mol. The van der Waals surface area contributed by atoms with Gasteiger partial charge in [-0.1, -0.05) is 17.7 Å². The summed E-state index contributed by atoms with van der Waals surface area (Å²) in [5, 5.41) is 27.1. The topological polar surface area (TPSA) is 166 Å². The Morgan fingerprint density at radius 2 is 2.00 bits per heavy atom. The number of nitrogens with zero attached hydrogens (tertiary/aromatic N) is 4. The van der Waals surface area contributed by atoms with Gasteiger partial charge in [0.25, 0.3) is 0 Å². The third-order valence-corrected chi connectivity index (χ3v) is 8.23. The maximum absolute atomic E-state index is 11.1. The van der Waals surface area contributed by atoms with E-state index in [0.717, 1.165) is 42.8 Å². The number of rotatable bonds is 12. The molecule has 2 fully saturated rings. The van der Waals surface area contributed by atoms with Gasteiger partial charge in [0.05, 0.1) is 28.8 Å². The summed E-state index contributed by atoms with van der Waals surface area (Å²) in [7, 11) is 0. The van der Waals surface area contributed by atoms with E-state index in [1.165, 1.54) is 0 Å². The molecule has 5 rings (SSSR count). The molecule has 0 amide bonds. The molecule has 42 heavy (non-hydrogen) atoms. The molecule has 224 valence electrons. The van der Waals surface area contributed by atoms with Gasteiger partial charge in [0.15, 0.2) is 5.82 Å². The van der Waals surface area contributed by atoms with Crippen molar-refractivity contribution in [3.05, 3.63) is 51.8 Å². The number of aromatic nitrogens is 5. The van der Waals surface area contributed by atoms with Crippen molar-refractivity contribution in [1.82, 2.24) is 30.5 Å². The molecule has 4 heterocycles. The first kappa shape index (κ1) is 30.0. The van der Waals surface area contributed by atoms with Gasteiger partial charge in [0, 0.05) is 49.6 Å². The highest BCUT2D eigenvalue weighted by atomic mass is 35.5. The summed E-state index contributed by atoms with van der Waals surface area (Å²) in [6, 6.07) is 11.1. The quantitative estimate of drug-likeness (QED) is 0.207. The van der Waals surface area contributed by atoms with Crippen LogP contribution in [0.5, 0.6) is 0 Å². The van der Waals surface area contributed by atoms with Crippen molar-refractivity contribution in [3.63, 3.8) is 0 Å². The van der Waals surface area contributed by atoms with Gasteiger partial charge >= 0.3 is 5.69 Å². The highest BCUT2D eigenvalue weighted by molar-refractivity contribution is 6.33. The van der Waals surface area contributed by atoms with Crippen molar-refractivity contribution >= 4 is 23.2 Å². The lowest BCUT2D eigenvalue weighted by molar-refractivity contribution is 0.0455. The number of halogens is 1. The lowest BCUT2D eigenvalue weighted by atomic mass is 9.82. The Bertz CT molecular complexity index is 1410. The highest BCUT2D eigenvalue weighted by Crippen LogP contribution is 2.32. The molecule has 0 spiro atoms. The van der Waals surface area contributed by atoms with Crippen LogP contribution >= 0.6 is 11.6 Å². The minimum Gasteiger partial charge on any atom is -0.381 e. The van der Waals surface area contributed by atoms with Crippen LogP contribution in [0.25, 0.3) is 11.3 Å². The number of nitrogens with one attached hydrogen (secondary N) is 5. The fourth-order valence-corrected chi connectivity index (χ4v) is 5.72. The molecule has 1 saturated carbocycles. The summed E-state index contributed by atoms with van der Waals surface area (Å²) in [6.45, 7) is 4.64. The molecule has 3 aromatic rings. The number of H-pyrrole nitrogens is 2. The van der Waals surface area contributed by atoms with Crippen LogP contribution in [0.2, 0.25) is 5.02 Å². The van der Waals surface area contributed by atoms with Crippen molar-refractivity contribution < 1.29 is 9.47 Å². The Labute approximate surface area is 250 Å². The Hall–Kier alpha value is -3.50. The lowest BCUT2D eigenvalue weighted by Crippen LogP contribution is -2.43. The van der Waals surface area contributed by atoms with Crippen LogP contribution in [-0.4, -0.2) is 69.6 Å². The molecule has 0 bridgehead atoms. The van der Waals surface area contributed by atoms with Crippen molar-refractivity contribution in [1.29, 1.82) is 5.26 Å². The predicted octanol–water partition coefficient (Wildman–Crippen LogP) is 3.86. The first-order valence-electron chi connectivity index (χ1n) is 14.5. The van der Waals surface area contributed by atoms with Crippen molar-refractivity contribution in [2.45, 2.75) is 70.2 Å². The molecular weight excluding hydrogens is 558 g/mol. The van der Waals surface area contributed by atoms with Gasteiger partial charge in [-0.25, -0.2) is 19.9 Å². The summed E-state index contributed by atoms with van der Waals surface area (Å²) in [4.78, 5) is 23.0. The molecule has 1 saturated heterocycles. The molecule has 0 aromatic carbocycles. The van der Waals surface area contributed by atoms with Crippen LogP contribution in [0.3, 0.4) is 0 Å². The van der Waals surface area contributed by atoms with Crippen LogP contribution in [0, 0.1) is 16.7 Å². The number of ether oxygens (including phenoxy) is 2. The second-order valence-electron chi connectivity index (χ2n) is 11.2. The Kier molecular flexibility index (Phi) is 10.1. The first-order chi connectivity index (χ1) is 20.4. The number of aromatic amines is 2. The van der Waals surface area contributed by atoms with Gasteiger partial charge in [-0.2, -0.15) is 10.4 Å². The fourth-order valence-electron chi connectivity index (χ4n) is 5.52. The summed E-state index contributed by atoms with van der Waals surface area (Å²) in [5.41, 5.74) is 0.786.